The first-order valence-corrected chi connectivity index (χ1v) is 9.84. The molecular formula is C23H23FN4O2. The van der Waals surface area contributed by atoms with Crippen molar-refractivity contribution in [3.8, 4) is 11.3 Å². The van der Waals surface area contributed by atoms with Crippen LogP contribution in [0.15, 0.2) is 55.0 Å². The molecule has 0 bridgehead atoms. The van der Waals surface area contributed by atoms with E-state index in [-0.39, 0.29) is 5.82 Å². The van der Waals surface area contributed by atoms with Gasteiger partial charge in [0.25, 0.3) is 0 Å². The number of carbonyl (C=O) groups excluding carboxylic acids is 1. The Hall–Kier alpha value is -3.32. The average molecular weight is 406 g/mol. The molecule has 3 aromatic rings. The summed E-state index contributed by atoms with van der Waals surface area (Å²) in [5.74, 6) is -0.283. The molecule has 0 amide bonds. The van der Waals surface area contributed by atoms with Gasteiger partial charge in [-0.15, -0.1) is 0 Å². The van der Waals surface area contributed by atoms with Crippen molar-refractivity contribution < 1.29 is 13.9 Å². The van der Waals surface area contributed by atoms with Crippen LogP contribution in [0.2, 0.25) is 0 Å². The van der Waals surface area contributed by atoms with E-state index in [0.29, 0.717) is 25.3 Å². The highest BCUT2D eigenvalue weighted by Gasteiger charge is 2.20. The van der Waals surface area contributed by atoms with Gasteiger partial charge >= 0.3 is 0 Å². The number of pyridine rings is 2. The zero-order chi connectivity index (χ0) is 20.9. The lowest BCUT2D eigenvalue weighted by atomic mass is 10.00. The molecule has 7 heteroatoms. The number of halogens is 1. The number of anilines is 2. The minimum atomic E-state index is -0.283. The molecule has 1 saturated heterocycles. The quantitative estimate of drug-likeness (QED) is 0.584. The van der Waals surface area contributed by atoms with Gasteiger partial charge in [-0.3, -0.25) is 14.8 Å². The van der Waals surface area contributed by atoms with Gasteiger partial charge in [-0.05, 0) is 36.4 Å². The smallest absolute Gasteiger partial charge is 0.150 e. The molecule has 1 aliphatic heterocycles. The third kappa shape index (κ3) is 4.16. The van der Waals surface area contributed by atoms with Crippen molar-refractivity contribution in [2.75, 3.05) is 43.2 Å². The van der Waals surface area contributed by atoms with Crippen LogP contribution in [0.3, 0.4) is 0 Å². The summed E-state index contributed by atoms with van der Waals surface area (Å²) in [4.78, 5) is 25.0. The van der Waals surface area contributed by atoms with Gasteiger partial charge in [0.15, 0.2) is 6.29 Å². The summed E-state index contributed by atoms with van der Waals surface area (Å²) < 4.78 is 18.8. The molecule has 4 rings (SSSR count). The van der Waals surface area contributed by atoms with Gasteiger partial charge in [-0.25, -0.2) is 4.39 Å². The fraction of sp³-hybridized carbons (Fsp3) is 0.261. The van der Waals surface area contributed by atoms with Crippen molar-refractivity contribution in [3.05, 3.63) is 71.9 Å². The Morgan fingerprint density at radius 3 is 2.63 bits per heavy atom. The van der Waals surface area contributed by atoms with Crippen LogP contribution >= 0.6 is 0 Å². The number of ether oxygens (including phenoxy) is 1. The SMILES string of the molecule is CN(Cc1c(C=O)ccnc1-c1ccncc1N1CCOCC1)c1ccc(F)cc1. The van der Waals surface area contributed by atoms with Crippen LogP contribution in [-0.2, 0) is 11.3 Å². The zero-order valence-corrected chi connectivity index (χ0v) is 16.8. The van der Waals surface area contributed by atoms with Crippen LogP contribution in [0.25, 0.3) is 11.3 Å². The summed E-state index contributed by atoms with van der Waals surface area (Å²) >= 11 is 0. The molecular weight excluding hydrogens is 383 g/mol. The Morgan fingerprint density at radius 1 is 1.13 bits per heavy atom. The minimum Gasteiger partial charge on any atom is -0.378 e. The first kappa shape index (κ1) is 20.0. The van der Waals surface area contributed by atoms with Crippen LogP contribution in [0, 0.1) is 5.82 Å². The molecule has 154 valence electrons. The Labute approximate surface area is 174 Å². The van der Waals surface area contributed by atoms with E-state index >= 15 is 0 Å². The van der Waals surface area contributed by atoms with Crippen molar-refractivity contribution in [2.45, 2.75) is 6.54 Å². The van der Waals surface area contributed by atoms with Crippen LogP contribution in [0.5, 0.6) is 0 Å². The lowest BCUT2D eigenvalue weighted by Gasteiger charge is -2.30. The standard InChI is InChI=1S/C23H23FN4O2/c1-27(19-4-2-18(24)3-5-19)15-21-17(16-29)6-9-26-23(21)20-7-8-25-14-22(20)28-10-12-30-13-11-28/h2-9,14,16H,10-13,15H2,1H3. The van der Waals surface area contributed by atoms with Crippen molar-refractivity contribution in [1.29, 1.82) is 0 Å². The van der Waals surface area contributed by atoms with Gasteiger partial charge in [0.05, 0.1) is 30.8 Å². The highest BCUT2D eigenvalue weighted by Crippen LogP contribution is 2.33. The normalized spacial score (nSPS) is 13.9. The maximum atomic E-state index is 13.3. The number of benzene rings is 1. The molecule has 2 aromatic heterocycles. The van der Waals surface area contributed by atoms with E-state index in [1.54, 1.807) is 30.6 Å². The van der Waals surface area contributed by atoms with Crippen molar-refractivity contribution in [1.82, 2.24) is 9.97 Å². The predicted octanol–water partition coefficient (Wildman–Crippen LogP) is 3.57. The number of aldehydes is 1. The monoisotopic (exact) mass is 406 g/mol. The molecule has 6 nitrogen and oxygen atoms in total. The number of morpholine rings is 1. The highest BCUT2D eigenvalue weighted by atomic mass is 19.1. The molecule has 0 unspecified atom stereocenters. The summed E-state index contributed by atoms with van der Waals surface area (Å²) in [6, 6.07) is 9.95. The van der Waals surface area contributed by atoms with Crippen molar-refractivity contribution in [3.63, 3.8) is 0 Å². The fourth-order valence-electron chi connectivity index (χ4n) is 3.68. The second kappa shape index (κ2) is 9.00. The molecule has 0 saturated carbocycles. The molecule has 1 aromatic carbocycles. The van der Waals surface area contributed by atoms with Gasteiger partial charge in [-0.1, -0.05) is 0 Å². The van der Waals surface area contributed by atoms with E-state index in [1.165, 1.54) is 12.1 Å². The molecule has 0 aliphatic carbocycles. The molecule has 1 fully saturated rings. The Bertz CT molecular complexity index is 1020. The predicted molar refractivity (Wildman–Crippen MR) is 114 cm³/mol. The molecule has 0 radical (unpaired) electrons. The Balaban J connectivity index is 1.75. The third-order valence-corrected chi connectivity index (χ3v) is 5.29. The molecule has 3 heterocycles. The van der Waals surface area contributed by atoms with E-state index in [1.807, 2.05) is 24.2 Å². The van der Waals surface area contributed by atoms with Gasteiger partial charge in [0.2, 0.25) is 0 Å². The van der Waals surface area contributed by atoms with Crippen LogP contribution in [0.1, 0.15) is 15.9 Å². The maximum absolute atomic E-state index is 13.3. The molecule has 30 heavy (non-hydrogen) atoms. The topological polar surface area (TPSA) is 58.6 Å². The Kier molecular flexibility index (Phi) is 5.99. The maximum Gasteiger partial charge on any atom is 0.150 e. The summed E-state index contributed by atoms with van der Waals surface area (Å²) in [7, 11) is 1.91. The van der Waals surface area contributed by atoms with Gasteiger partial charge < -0.3 is 14.5 Å². The average Bonchev–Trinajstić information content (AvgIpc) is 2.80. The van der Waals surface area contributed by atoms with E-state index in [0.717, 1.165) is 47.6 Å². The first-order chi connectivity index (χ1) is 14.7. The lowest BCUT2D eigenvalue weighted by molar-refractivity contribution is 0.112. The number of hydrogen-bond acceptors (Lipinski definition) is 6. The Morgan fingerprint density at radius 2 is 1.90 bits per heavy atom. The van der Waals surface area contributed by atoms with E-state index < -0.39 is 0 Å². The van der Waals surface area contributed by atoms with E-state index in [9.17, 15) is 9.18 Å². The second-order valence-corrected chi connectivity index (χ2v) is 7.17. The lowest BCUT2D eigenvalue weighted by Crippen LogP contribution is -2.36. The van der Waals surface area contributed by atoms with E-state index in [2.05, 4.69) is 14.9 Å². The van der Waals surface area contributed by atoms with Gasteiger partial charge in [0.1, 0.15) is 5.82 Å². The molecule has 1 aliphatic rings. The third-order valence-electron chi connectivity index (χ3n) is 5.29. The first-order valence-electron chi connectivity index (χ1n) is 9.84. The minimum absolute atomic E-state index is 0.283. The van der Waals surface area contributed by atoms with Crippen LogP contribution < -0.4 is 9.80 Å². The summed E-state index contributed by atoms with van der Waals surface area (Å²) in [5.41, 5.74) is 4.91. The number of nitrogens with zero attached hydrogens (tertiary/aromatic N) is 4. The molecule has 0 atom stereocenters. The zero-order valence-electron chi connectivity index (χ0n) is 16.8. The summed E-state index contributed by atoms with van der Waals surface area (Å²) in [6.07, 6.45) is 6.09. The van der Waals surface area contributed by atoms with Crippen molar-refractivity contribution in [2.24, 2.45) is 0 Å². The van der Waals surface area contributed by atoms with E-state index in [4.69, 9.17) is 4.74 Å². The van der Waals surface area contributed by atoms with Gasteiger partial charge in [0, 0.05) is 61.5 Å². The van der Waals surface area contributed by atoms with Crippen molar-refractivity contribution >= 4 is 17.7 Å². The summed E-state index contributed by atoms with van der Waals surface area (Å²) in [6.45, 7) is 3.33. The largest absolute Gasteiger partial charge is 0.378 e. The summed E-state index contributed by atoms with van der Waals surface area (Å²) in [5, 5.41) is 0. The number of carbonyl (C=O) groups is 1. The van der Waals surface area contributed by atoms with Gasteiger partial charge in [-0.2, -0.15) is 0 Å². The highest BCUT2D eigenvalue weighted by molar-refractivity contribution is 5.85. The number of hydrogen-bond donors (Lipinski definition) is 0. The van der Waals surface area contributed by atoms with Crippen LogP contribution in [-0.4, -0.2) is 49.6 Å². The second-order valence-electron chi connectivity index (χ2n) is 7.17. The molecule has 0 spiro atoms. The van der Waals surface area contributed by atoms with Crippen LogP contribution in [0.4, 0.5) is 15.8 Å². The number of aromatic nitrogens is 2. The molecule has 0 N–H and O–H groups in total. The fourth-order valence-corrected chi connectivity index (χ4v) is 3.68. The number of rotatable bonds is 6.